The van der Waals surface area contributed by atoms with Gasteiger partial charge in [-0.05, 0) is 18.4 Å². The Bertz CT molecular complexity index is 482. The molecule has 0 saturated heterocycles. The molecule has 0 radical (unpaired) electrons. The molecule has 0 bridgehead atoms. The molecule has 0 atom stereocenters. The molecule has 0 unspecified atom stereocenters. The summed E-state index contributed by atoms with van der Waals surface area (Å²) in [5, 5.41) is 19.2. The number of hydrogen-bond donors (Lipinski definition) is 1. The van der Waals surface area contributed by atoms with Crippen molar-refractivity contribution < 1.29 is 0 Å². The number of nitriles is 2. The minimum absolute atomic E-state index is 0.0385. The lowest BCUT2D eigenvalue weighted by atomic mass is 10.3. The number of nitrogens with zero attached hydrogens (tertiary/aromatic N) is 3. The third-order valence-corrected chi connectivity index (χ3v) is 2.62. The van der Waals surface area contributed by atoms with Crippen LogP contribution in [0.1, 0.15) is 11.8 Å². The molecular weight excluding hydrogens is 208 g/mol. The van der Waals surface area contributed by atoms with Crippen molar-refractivity contribution >= 4 is 17.0 Å². The highest BCUT2D eigenvalue weighted by Gasteiger charge is 2.03. The Morgan fingerprint density at radius 1 is 1.47 bits per heavy atom. The smallest absolute Gasteiger partial charge is 0.174 e. The maximum Gasteiger partial charge on any atom is 0.174 e. The number of nitrogens with two attached hydrogens (primary N) is 1. The molecule has 1 heterocycles. The summed E-state index contributed by atoms with van der Waals surface area (Å²) in [6.07, 6.45) is 0. The third kappa shape index (κ3) is 2.67. The zero-order valence-corrected chi connectivity index (χ0v) is 8.88. The number of aliphatic imine (C=N–C) groups is 1. The van der Waals surface area contributed by atoms with Gasteiger partial charge in [0, 0.05) is 4.88 Å². The van der Waals surface area contributed by atoms with Gasteiger partial charge in [0.05, 0.1) is 5.71 Å². The van der Waals surface area contributed by atoms with Gasteiger partial charge in [-0.3, -0.25) is 0 Å². The van der Waals surface area contributed by atoms with Crippen LogP contribution in [0.25, 0.3) is 0 Å². The highest BCUT2D eigenvalue weighted by Crippen LogP contribution is 2.12. The predicted molar refractivity (Wildman–Crippen MR) is 59.0 cm³/mol. The van der Waals surface area contributed by atoms with Crippen LogP contribution in [0, 0.1) is 22.7 Å². The molecule has 1 aromatic heterocycles. The van der Waals surface area contributed by atoms with E-state index in [2.05, 4.69) is 4.99 Å². The Kier molecular flexibility index (Phi) is 3.61. The van der Waals surface area contributed by atoms with Crippen molar-refractivity contribution in [2.75, 3.05) is 0 Å². The van der Waals surface area contributed by atoms with E-state index in [0.29, 0.717) is 5.71 Å². The summed E-state index contributed by atoms with van der Waals surface area (Å²) < 4.78 is 0. The molecule has 0 amide bonds. The largest absolute Gasteiger partial charge is 0.388 e. The van der Waals surface area contributed by atoms with E-state index in [1.165, 1.54) is 11.3 Å². The molecule has 0 spiro atoms. The van der Waals surface area contributed by atoms with E-state index in [1.807, 2.05) is 17.5 Å². The molecule has 2 N–H and O–H groups in total. The Hall–Kier alpha value is -2.11. The van der Waals surface area contributed by atoms with Crippen LogP contribution < -0.4 is 5.73 Å². The molecule has 0 saturated carbocycles. The lowest BCUT2D eigenvalue weighted by Crippen LogP contribution is -2.00. The van der Waals surface area contributed by atoms with Gasteiger partial charge in [-0.1, -0.05) is 6.07 Å². The van der Waals surface area contributed by atoms with Gasteiger partial charge in [0.25, 0.3) is 0 Å². The second-order valence-electron chi connectivity index (χ2n) is 2.66. The van der Waals surface area contributed by atoms with E-state index in [0.717, 1.165) is 4.88 Å². The van der Waals surface area contributed by atoms with Crippen LogP contribution in [0.15, 0.2) is 33.9 Å². The molecule has 0 fully saturated rings. The van der Waals surface area contributed by atoms with Crippen LogP contribution in [0.2, 0.25) is 0 Å². The van der Waals surface area contributed by atoms with Crippen molar-refractivity contribution in [2.24, 2.45) is 10.7 Å². The number of rotatable bonds is 2. The molecule has 1 aromatic rings. The van der Waals surface area contributed by atoms with E-state index < -0.39 is 0 Å². The van der Waals surface area contributed by atoms with E-state index in [-0.39, 0.29) is 11.4 Å². The van der Waals surface area contributed by atoms with Crippen LogP contribution in [0.4, 0.5) is 0 Å². The van der Waals surface area contributed by atoms with Gasteiger partial charge in [-0.2, -0.15) is 10.5 Å². The van der Waals surface area contributed by atoms with Gasteiger partial charge < -0.3 is 5.73 Å². The highest BCUT2D eigenvalue weighted by atomic mass is 32.1. The summed E-state index contributed by atoms with van der Waals surface area (Å²) >= 11 is 1.52. The van der Waals surface area contributed by atoms with Crippen LogP contribution >= 0.6 is 11.3 Å². The van der Waals surface area contributed by atoms with E-state index in [9.17, 15) is 0 Å². The minimum Gasteiger partial charge on any atom is -0.388 e. The maximum atomic E-state index is 8.73. The standard InChI is InChI=1S/C10H8N4S/c1-7(10-3-2-4-15-10)14-9(6-12)8(13)5-11/h2-4H,13H2,1H3/b9-8-,14-7+. The summed E-state index contributed by atoms with van der Waals surface area (Å²) in [5.41, 5.74) is 5.80. The minimum atomic E-state index is -0.159. The number of thiophene rings is 1. The molecule has 0 aromatic carbocycles. The molecule has 5 heteroatoms. The molecule has 1 rings (SSSR count). The first-order valence-electron chi connectivity index (χ1n) is 4.08. The first-order valence-corrected chi connectivity index (χ1v) is 4.96. The van der Waals surface area contributed by atoms with Crippen LogP contribution in [-0.4, -0.2) is 5.71 Å². The van der Waals surface area contributed by atoms with Crippen LogP contribution in [0.5, 0.6) is 0 Å². The van der Waals surface area contributed by atoms with Gasteiger partial charge >= 0.3 is 0 Å². The van der Waals surface area contributed by atoms with Crippen molar-refractivity contribution in [3.05, 3.63) is 33.8 Å². The molecule has 0 aliphatic heterocycles. The molecule has 0 aliphatic carbocycles. The maximum absolute atomic E-state index is 8.73. The third-order valence-electron chi connectivity index (χ3n) is 1.64. The summed E-state index contributed by atoms with van der Waals surface area (Å²) in [4.78, 5) is 4.96. The normalized spacial score (nSPS) is 12.6. The average Bonchev–Trinajstić information content (AvgIpc) is 2.77. The van der Waals surface area contributed by atoms with E-state index in [1.54, 1.807) is 19.1 Å². The summed E-state index contributed by atoms with van der Waals surface area (Å²) in [6.45, 7) is 1.77. The fourth-order valence-electron chi connectivity index (χ4n) is 0.906. The predicted octanol–water partition coefficient (Wildman–Crippen LogP) is 1.77. The zero-order valence-electron chi connectivity index (χ0n) is 8.06. The zero-order chi connectivity index (χ0) is 11.3. The van der Waals surface area contributed by atoms with Crippen LogP contribution in [0.3, 0.4) is 0 Å². The number of allylic oxidation sites excluding steroid dienone is 2. The first kappa shape index (κ1) is 11.0. The summed E-state index contributed by atoms with van der Waals surface area (Å²) in [7, 11) is 0. The van der Waals surface area contributed by atoms with Gasteiger partial charge in [-0.15, -0.1) is 11.3 Å². The first-order chi connectivity index (χ1) is 7.19. The molecule has 4 nitrogen and oxygen atoms in total. The quantitative estimate of drug-likeness (QED) is 0.603. The molecular formula is C10H8N4S. The lowest BCUT2D eigenvalue weighted by molar-refractivity contribution is 1.26. The molecule has 74 valence electrons. The topological polar surface area (TPSA) is 86.0 Å². The lowest BCUT2D eigenvalue weighted by Gasteiger charge is -1.95. The summed E-state index contributed by atoms with van der Waals surface area (Å²) in [6, 6.07) is 7.27. The van der Waals surface area contributed by atoms with Crippen molar-refractivity contribution in [1.29, 1.82) is 10.5 Å². The Morgan fingerprint density at radius 3 is 2.67 bits per heavy atom. The Morgan fingerprint density at radius 2 is 2.20 bits per heavy atom. The van der Waals surface area contributed by atoms with Crippen molar-refractivity contribution in [3.63, 3.8) is 0 Å². The monoisotopic (exact) mass is 216 g/mol. The SMILES string of the molecule is C/C(=N\C(C#N)=C(/N)C#N)c1cccs1. The van der Waals surface area contributed by atoms with E-state index >= 15 is 0 Å². The van der Waals surface area contributed by atoms with Crippen molar-refractivity contribution in [3.8, 4) is 12.1 Å². The second kappa shape index (κ2) is 4.94. The molecule has 15 heavy (non-hydrogen) atoms. The van der Waals surface area contributed by atoms with Crippen molar-refractivity contribution in [1.82, 2.24) is 0 Å². The Balaban J connectivity index is 3.09. The van der Waals surface area contributed by atoms with Gasteiger partial charge in [-0.25, -0.2) is 4.99 Å². The van der Waals surface area contributed by atoms with Crippen molar-refractivity contribution in [2.45, 2.75) is 6.92 Å². The molecule has 0 aliphatic rings. The summed E-state index contributed by atoms with van der Waals surface area (Å²) in [5.74, 6) is 0. The highest BCUT2D eigenvalue weighted by molar-refractivity contribution is 7.12. The van der Waals surface area contributed by atoms with Gasteiger partial charge in [0.1, 0.15) is 17.8 Å². The van der Waals surface area contributed by atoms with E-state index in [4.69, 9.17) is 16.3 Å². The van der Waals surface area contributed by atoms with Gasteiger partial charge in [0.15, 0.2) is 5.70 Å². The number of hydrogen-bond acceptors (Lipinski definition) is 5. The van der Waals surface area contributed by atoms with Gasteiger partial charge in [0.2, 0.25) is 0 Å². The second-order valence-corrected chi connectivity index (χ2v) is 3.61. The average molecular weight is 216 g/mol. The fourth-order valence-corrected chi connectivity index (χ4v) is 1.58. The fraction of sp³-hybridized carbons (Fsp3) is 0.100. The van der Waals surface area contributed by atoms with Crippen LogP contribution in [-0.2, 0) is 0 Å². The Labute approximate surface area is 91.6 Å².